The zero-order valence-corrected chi connectivity index (χ0v) is 19.5. The van der Waals surface area contributed by atoms with Gasteiger partial charge < -0.3 is 21.3 Å². The first-order valence-electron chi connectivity index (χ1n) is 10.6. The van der Waals surface area contributed by atoms with Crippen molar-refractivity contribution in [3.63, 3.8) is 0 Å². The van der Waals surface area contributed by atoms with Crippen molar-refractivity contribution in [2.24, 2.45) is 34.3 Å². The summed E-state index contributed by atoms with van der Waals surface area (Å²) in [5.41, 5.74) is 4.10. The highest BCUT2D eigenvalue weighted by atomic mass is 19.4. The minimum atomic E-state index is -5.15. The van der Waals surface area contributed by atoms with Crippen LogP contribution in [0.4, 0.5) is 13.2 Å². The Morgan fingerprint density at radius 2 is 1.59 bits per heavy atom. The zero-order valence-electron chi connectivity index (χ0n) is 19.5. The van der Waals surface area contributed by atoms with E-state index in [1.165, 1.54) is 25.7 Å². The minimum absolute atomic E-state index is 0.0211. The lowest BCUT2D eigenvalue weighted by Gasteiger charge is -2.38. The molecule has 2 fully saturated rings. The molecule has 4 amide bonds. The molecular formula is C21H33F3N4O4. The molecule has 1 saturated carbocycles. The molecule has 1 aliphatic heterocycles. The van der Waals surface area contributed by atoms with Gasteiger partial charge >= 0.3 is 12.1 Å². The van der Waals surface area contributed by atoms with Crippen LogP contribution in [0.1, 0.15) is 48.5 Å². The lowest BCUT2D eigenvalue weighted by Crippen LogP contribution is -2.61. The van der Waals surface area contributed by atoms with E-state index >= 15 is 0 Å². The van der Waals surface area contributed by atoms with Crippen molar-refractivity contribution in [3.05, 3.63) is 0 Å². The summed E-state index contributed by atoms with van der Waals surface area (Å²) in [6.07, 6.45) is -5.15. The van der Waals surface area contributed by atoms with E-state index in [-0.39, 0.29) is 29.7 Å². The molecule has 1 heterocycles. The number of likely N-dealkylation sites (tertiary alicyclic amines) is 1. The van der Waals surface area contributed by atoms with E-state index in [1.807, 2.05) is 13.8 Å². The second kappa shape index (κ2) is 8.22. The molecule has 2 aliphatic rings. The van der Waals surface area contributed by atoms with Crippen LogP contribution in [0.25, 0.3) is 0 Å². The minimum Gasteiger partial charge on any atom is -0.368 e. The van der Waals surface area contributed by atoms with Crippen molar-refractivity contribution in [1.29, 1.82) is 0 Å². The second-order valence-electron chi connectivity index (χ2n) is 10.8. The molecule has 0 spiro atoms. The van der Waals surface area contributed by atoms with E-state index in [4.69, 9.17) is 5.73 Å². The van der Waals surface area contributed by atoms with E-state index < -0.39 is 53.3 Å². The van der Waals surface area contributed by atoms with Crippen molar-refractivity contribution >= 4 is 23.6 Å². The number of nitrogens with zero attached hydrogens (tertiary/aromatic N) is 1. The Kier molecular flexibility index (Phi) is 6.66. The molecule has 0 aromatic carbocycles. The monoisotopic (exact) mass is 462 g/mol. The van der Waals surface area contributed by atoms with Crippen molar-refractivity contribution in [2.45, 2.75) is 72.8 Å². The molecule has 1 unspecified atom stereocenters. The van der Waals surface area contributed by atoms with Gasteiger partial charge in [-0.2, -0.15) is 13.2 Å². The summed E-state index contributed by atoms with van der Waals surface area (Å²) < 4.78 is 38.6. The average molecular weight is 463 g/mol. The third-order valence-electron chi connectivity index (χ3n) is 6.68. The number of piperidine rings is 1. The van der Waals surface area contributed by atoms with Crippen LogP contribution < -0.4 is 16.4 Å². The quantitative estimate of drug-likeness (QED) is 0.549. The van der Waals surface area contributed by atoms with Crippen LogP contribution in [0.15, 0.2) is 0 Å². The van der Waals surface area contributed by atoms with E-state index in [0.29, 0.717) is 0 Å². The third-order valence-corrected chi connectivity index (χ3v) is 6.68. The first-order chi connectivity index (χ1) is 14.3. The Morgan fingerprint density at radius 3 is 2.00 bits per heavy atom. The average Bonchev–Trinajstić information content (AvgIpc) is 2.97. The number of alkyl halides is 3. The number of rotatable bonds is 6. The smallest absolute Gasteiger partial charge is 0.368 e. The van der Waals surface area contributed by atoms with Gasteiger partial charge in [0.15, 0.2) is 0 Å². The molecule has 0 bridgehead atoms. The number of nitrogens with one attached hydrogen (secondary N) is 2. The molecule has 11 heteroatoms. The summed E-state index contributed by atoms with van der Waals surface area (Å²) in [5.74, 6) is -4.82. The van der Waals surface area contributed by atoms with Crippen molar-refractivity contribution in [3.8, 4) is 0 Å². The van der Waals surface area contributed by atoms with Crippen molar-refractivity contribution in [1.82, 2.24) is 15.5 Å². The van der Waals surface area contributed by atoms with Crippen LogP contribution in [0.5, 0.6) is 0 Å². The van der Waals surface area contributed by atoms with Gasteiger partial charge in [0.05, 0.1) is 0 Å². The fourth-order valence-electron chi connectivity index (χ4n) is 4.65. The molecule has 1 aliphatic carbocycles. The zero-order chi connectivity index (χ0) is 25.0. The fraction of sp³-hybridized carbons (Fsp3) is 0.810. The van der Waals surface area contributed by atoms with Gasteiger partial charge in [0.2, 0.25) is 17.7 Å². The maximum absolute atomic E-state index is 13.4. The molecule has 8 nitrogen and oxygen atoms in total. The van der Waals surface area contributed by atoms with Crippen LogP contribution in [-0.4, -0.2) is 59.4 Å². The van der Waals surface area contributed by atoms with E-state index in [0.717, 1.165) is 0 Å². The molecule has 4 N–H and O–H groups in total. The van der Waals surface area contributed by atoms with Crippen LogP contribution >= 0.6 is 0 Å². The Balaban J connectivity index is 2.34. The van der Waals surface area contributed by atoms with E-state index in [1.54, 1.807) is 19.2 Å². The molecular weight excluding hydrogens is 429 g/mol. The molecule has 0 radical (unpaired) electrons. The van der Waals surface area contributed by atoms with Crippen LogP contribution in [0, 0.1) is 28.6 Å². The number of amides is 4. The lowest BCUT2D eigenvalue weighted by atomic mass is 9.85. The van der Waals surface area contributed by atoms with Gasteiger partial charge in [0.1, 0.15) is 18.1 Å². The highest BCUT2D eigenvalue weighted by Gasteiger charge is 2.70. The maximum atomic E-state index is 13.4. The predicted molar refractivity (Wildman–Crippen MR) is 110 cm³/mol. The molecule has 32 heavy (non-hydrogen) atoms. The number of halogens is 3. The topological polar surface area (TPSA) is 122 Å². The van der Waals surface area contributed by atoms with Gasteiger partial charge in [-0.25, -0.2) is 0 Å². The van der Waals surface area contributed by atoms with E-state index in [2.05, 4.69) is 5.32 Å². The number of carbonyl (C=O) groups excluding carboxylic acids is 4. The summed E-state index contributed by atoms with van der Waals surface area (Å²) in [6.45, 7) is 12.1. The van der Waals surface area contributed by atoms with Crippen molar-refractivity contribution in [2.75, 3.05) is 6.54 Å². The normalized spacial score (nSPS) is 26.2. The summed E-state index contributed by atoms with van der Waals surface area (Å²) in [4.78, 5) is 51.1. The van der Waals surface area contributed by atoms with Gasteiger partial charge in [-0.3, -0.25) is 19.2 Å². The predicted octanol–water partition coefficient (Wildman–Crippen LogP) is 1.19. The molecule has 0 aromatic rings. The summed E-state index contributed by atoms with van der Waals surface area (Å²) in [5, 5.41) is 4.41. The van der Waals surface area contributed by atoms with E-state index in [9.17, 15) is 32.3 Å². The van der Waals surface area contributed by atoms with Crippen LogP contribution in [0.3, 0.4) is 0 Å². The summed E-state index contributed by atoms with van der Waals surface area (Å²) >= 11 is 0. The third kappa shape index (κ3) is 4.85. The fourth-order valence-corrected chi connectivity index (χ4v) is 4.65. The Bertz CT molecular complexity index is 804. The van der Waals surface area contributed by atoms with Gasteiger partial charge in [-0.15, -0.1) is 0 Å². The van der Waals surface area contributed by atoms with Crippen LogP contribution in [-0.2, 0) is 19.2 Å². The number of primary amides is 1. The SMILES string of the molecule is CC(C)[C@H](NC(=O)[C@@H]1[C@@H]2C(CN1C(=O)[C@@H](NC(=O)C(F)(F)F)C(C)(C)C)C2(C)C)C(N)=O. The Morgan fingerprint density at radius 1 is 1.06 bits per heavy atom. The molecule has 2 rings (SSSR count). The Hall–Kier alpha value is -2.33. The summed E-state index contributed by atoms with van der Waals surface area (Å²) in [7, 11) is 0. The number of nitrogens with two attached hydrogens (primary N) is 1. The molecule has 1 saturated heterocycles. The standard InChI is InChI=1S/C21H33F3N4O4/c1-9(2)12(15(25)29)26-16(30)13-11-10(20(11,6)7)8-28(13)17(31)14(19(3,4)5)27-18(32)21(22,23)24/h9-14H,8H2,1-7H3,(H2,25,29)(H,26,30)(H,27,32)/t10?,11-,12-,13-,14+/m0/s1. The van der Waals surface area contributed by atoms with Gasteiger partial charge in [0.25, 0.3) is 0 Å². The Labute approximate surface area is 185 Å². The van der Waals surface area contributed by atoms with Gasteiger partial charge in [-0.1, -0.05) is 48.5 Å². The number of fused-ring (bicyclic) bond motifs is 1. The largest absolute Gasteiger partial charge is 0.471 e. The number of hydrogen-bond donors (Lipinski definition) is 3. The second-order valence-corrected chi connectivity index (χ2v) is 10.8. The first kappa shape index (κ1) is 25.9. The van der Waals surface area contributed by atoms with Gasteiger partial charge in [0, 0.05) is 6.54 Å². The molecule has 0 aromatic heterocycles. The van der Waals surface area contributed by atoms with Crippen LogP contribution in [0.2, 0.25) is 0 Å². The summed E-state index contributed by atoms with van der Waals surface area (Å²) in [6, 6.07) is -3.43. The molecule has 182 valence electrons. The highest BCUT2D eigenvalue weighted by molar-refractivity contribution is 5.96. The maximum Gasteiger partial charge on any atom is 0.471 e. The lowest BCUT2D eigenvalue weighted by molar-refractivity contribution is -0.176. The number of carbonyl (C=O) groups is 4. The first-order valence-corrected chi connectivity index (χ1v) is 10.6. The number of hydrogen-bond acceptors (Lipinski definition) is 4. The van der Waals surface area contributed by atoms with Crippen molar-refractivity contribution < 1.29 is 32.3 Å². The molecule has 5 atom stereocenters. The highest BCUT2D eigenvalue weighted by Crippen LogP contribution is 2.65. The van der Waals surface area contributed by atoms with Gasteiger partial charge in [-0.05, 0) is 28.6 Å².